The maximum Gasteiger partial charge on any atom is 0.258 e. The standard InChI is InChI=1S/C30H32N4O9S/c1-17-4-7-20(44(31,38)39)12-21(17)30(37)34-14-22-27(15-34)43-24-8-5-18(10-25(24)41-3)13-32-28(35)16-42-26-11-19(29(36)33-22)6-9-23(26)40-2/h4-12,22,27H,13-16H2,1-3H3,(H,32,35)(H,33,36)(H2,31,38,39)/t22-,27-/m0/s1. The predicted octanol–water partition coefficient (Wildman–Crippen LogP) is 1.37. The molecule has 13 nitrogen and oxygen atoms in total. The molecule has 1 saturated heterocycles. The van der Waals surface area contributed by atoms with E-state index < -0.39 is 34.0 Å². The molecule has 3 aliphatic heterocycles. The fraction of sp³-hybridized carbons (Fsp3) is 0.300. The van der Waals surface area contributed by atoms with Crippen molar-refractivity contribution in [3.8, 4) is 23.0 Å². The van der Waals surface area contributed by atoms with Crippen LogP contribution in [0.15, 0.2) is 59.5 Å². The van der Waals surface area contributed by atoms with Crippen LogP contribution in [0, 0.1) is 6.92 Å². The first-order valence-corrected chi connectivity index (χ1v) is 15.2. The molecule has 0 radical (unpaired) electrons. The number of hydrogen-bond donors (Lipinski definition) is 3. The number of ether oxygens (including phenoxy) is 4. The van der Waals surface area contributed by atoms with E-state index in [4.69, 9.17) is 24.1 Å². The monoisotopic (exact) mass is 624 g/mol. The second kappa shape index (κ2) is 12.4. The van der Waals surface area contributed by atoms with Gasteiger partial charge >= 0.3 is 0 Å². The van der Waals surface area contributed by atoms with Crippen LogP contribution in [-0.4, -0.2) is 77.1 Å². The van der Waals surface area contributed by atoms with Crippen LogP contribution >= 0.6 is 0 Å². The molecular formula is C30H32N4O9S. The maximum absolute atomic E-state index is 13.7. The lowest BCUT2D eigenvalue weighted by Crippen LogP contribution is -2.45. The van der Waals surface area contributed by atoms with E-state index in [-0.39, 0.29) is 53.9 Å². The number of nitrogens with one attached hydrogen (secondary N) is 2. The summed E-state index contributed by atoms with van der Waals surface area (Å²) in [6.45, 7) is 1.71. The summed E-state index contributed by atoms with van der Waals surface area (Å²) in [6, 6.07) is 13.2. The van der Waals surface area contributed by atoms with Gasteiger partial charge in [-0.2, -0.15) is 0 Å². The normalized spacial score (nSPS) is 18.7. The Balaban J connectivity index is 1.51. The van der Waals surface area contributed by atoms with Gasteiger partial charge in [0.1, 0.15) is 6.10 Å². The summed E-state index contributed by atoms with van der Waals surface area (Å²) in [4.78, 5) is 41.0. The Morgan fingerprint density at radius 3 is 2.48 bits per heavy atom. The van der Waals surface area contributed by atoms with Gasteiger partial charge in [-0.25, -0.2) is 13.6 Å². The summed E-state index contributed by atoms with van der Waals surface area (Å²) < 4.78 is 46.9. The van der Waals surface area contributed by atoms with Gasteiger partial charge in [-0.15, -0.1) is 0 Å². The number of primary sulfonamides is 1. The van der Waals surface area contributed by atoms with E-state index in [9.17, 15) is 22.8 Å². The number of fused-ring (bicyclic) bond motifs is 7. The summed E-state index contributed by atoms with van der Waals surface area (Å²) in [7, 11) is -1.12. The quantitative estimate of drug-likeness (QED) is 0.387. The van der Waals surface area contributed by atoms with Gasteiger partial charge in [0, 0.05) is 24.2 Å². The third kappa shape index (κ3) is 6.55. The number of nitrogens with zero attached hydrogens (tertiary/aromatic N) is 1. The van der Waals surface area contributed by atoms with Crippen molar-refractivity contribution in [1.29, 1.82) is 0 Å². The van der Waals surface area contributed by atoms with Gasteiger partial charge in [-0.05, 0) is 60.5 Å². The van der Waals surface area contributed by atoms with E-state index in [2.05, 4.69) is 10.6 Å². The molecule has 232 valence electrons. The molecule has 4 N–H and O–H groups in total. The molecule has 0 spiro atoms. The highest BCUT2D eigenvalue weighted by atomic mass is 32.2. The van der Waals surface area contributed by atoms with Gasteiger partial charge in [0.05, 0.1) is 31.7 Å². The van der Waals surface area contributed by atoms with E-state index in [1.165, 1.54) is 43.4 Å². The number of benzene rings is 3. The summed E-state index contributed by atoms with van der Waals surface area (Å²) in [5.74, 6) is -0.00921. The number of amides is 3. The predicted molar refractivity (Wildman–Crippen MR) is 157 cm³/mol. The van der Waals surface area contributed by atoms with Crippen molar-refractivity contribution < 1.29 is 41.7 Å². The molecule has 14 heteroatoms. The van der Waals surface area contributed by atoms with Crippen LogP contribution in [0.25, 0.3) is 0 Å². The number of carbonyl (C=O) groups excluding carboxylic acids is 3. The van der Waals surface area contributed by atoms with E-state index in [1.54, 1.807) is 37.3 Å². The van der Waals surface area contributed by atoms with Gasteiger partial charge in [0.25, 0.3) is 17.7 Å². The number of carbonyl (C=O) groups is 3. The molecule has 1 fully saturated rings. The van der Waals surface area contributed by atoms with E-state index in [0.29, 0.717) is 22.8 Å². The van der Waals surface area contributed by atoms with Crippen LogP contribution in [0.2, 0.25) is 0 Å². The Hall–Kier alpha value is -4.82. The van der Waals surface area contributed by atoms with Crippen molar-refractivity contribution in [2.75, 3.05) is 33.9 Å². The van der Waals surface area contributed by atoms with Crippen molar-refractivity contribution >= 4 is 27.7 Å². The minimum Gasteiger partial charge on any atom is -0.493 e. The molecule has 0 saturated carbocycles. The molecular weight excluding hydrogens is 592 g/mol. The Kier molecular flexibility index (Phi) is 8.65. The van der Waals surface area contributed by atoms with Gasteiger partial charge in [-0.3, -0.25) is 14.4 Å². The molecule has 0 unspecified atom stereocenters. The average Bonchev–Trinajstić information content (AvgIpc) is 3.39. The molecule has 3 heterocycles. The molecule has 3 aliphatic rings. The fourth-order valence-electron chi connectivity index (χ4n) is 5.04. The van der Waals surface area contributed by atoms with E-state index in [0.717, 1.165) is 5.56 Å². The fourth-order valence-corrected chi connectivity index (χ4v) is 5.58. The minimum absolute atomic E-state index is 0.0621. The number of aryl methyl sites for hydroxylation is 1. The van der Waals surface area contributed by atoms with Crippen LogP contribution in [0.5, 0.6) is 23.0 Å². The first kappa shape index (κ1) is 30.6. The number of sulfonamides is 1. The zero-order valence-electron chi connectivity index (χ0n) is 24.3. The molecule has 3 aromatic carbocycles. The van der Waals surface area contributed by atoms with Crippen LogP contribution < -0.4 is 34.7 Å². The summed E-state index contributed by atoms with van der Waals surface area (Å²) in [5.41, 5.74) is 1.69. The van der Waals surface area contributed by atoms with E-state index in [1.807, 2.05) is 0 Å². The topological polar surface area (TPSA) is 176 Å². The zero-order valence-corrected chi connectivity index (χ0v) is 25.1. The van der Waals surface area contributed by atoms with Crippen molar-refractivity contribution in [2.45, 2.75) is 30.5 Å². The lowest BCUT2D eigenvalue weighted by atomic mass is 10.1. The third-order valence-electron chi connectivity index (χ3n) is 7.42. The highest BCUT2D eigenvalue weighted by molar-refractivity contribution is 7.89. The average molecular weight is 625 g/mol. The second-order valence-corrected chi connectivity index (χ2v) is 11.9. The van der Waals surface area contributed by atoms with Gasteiger partial charge in [0.15, 0.2) is 29.6 Å². The van der Waals surface area contributed by atoms with Crippen LogP contribution in [0.3, 0.4) is 0 Å². The van der Waals surface area contributed by atoms with Crippen molar-refractivity contribution in [1.82, 2.24) is 15.5 Å². The van der Waals surface area contributed by atoms with Crippen molar-refractivity contribution in [3.05, 3.63) is 76.9 Å². The van der Waals surface area contributed by atoms with Gasteiger partial charge < -0.3 is 34.5 Å². The third-order valence-corrected chi connectivity index (χ3v) is 8.33. The zero-order chi connectivity index (χ0) is 31.6. The SMILES string of the molecule is COc1ccc2cc1OCC(=O)NCc1ccc(c(OC)c1)O[C@H]1CN(C(=O)c3cc(S(N)(=O)=O)ccc3C)C[C@@H]1NC2=O. The smallest absolute Gasteiger partial charge is 0.258 e. The lowest BCUT2D eigenvalue weighted by molar-refractivity contribution is -0.123. The molecule has 3 aromatic rings. The number of hydrogen-bond acceptors (Lipinski definition) is 9. The molecule has 3 amide bonds. The Bertz CT molecular complexity index is 1730. The second-order valence-electron chi connectivity index (χ2n) is 10.4. The minimum atomic E-state index is -4.04. The highest BCUT2D eigenvalue weighted by Crippen LogP contribution is 2.32. The number of rotatable bonds is 4. The largest absolute Gasteiger partial charge is 0.493 e. The Morgan fingerprint density at radius 1 is 0.977 bits per heavy atom. The summed E-state index contributed by atoms with van der Waals surface area (Å²) in [6.07, 6.45) is -0.714. The number of nitrogens with two attached hydrogens (primary N) is 1. The van der Waals surface area contributed by atoms with Gasteiger partial charge in [-0.1, -0.05) is 12.1 Å². The van der Waals surface area contributed by atoms with Crippen molar-refractivity contribution in [2.24, 2.45) is 5.14 Å². The van der Waals surface area contributed by atoms with Crippen LogP contribution in [-0.2, 0) is 21.4 Å². The summed E-state index contributed by atoms with van der Waals surface area (Å²) >= 11 is 0. The maximum atomic E-state index is 13.7. The molecule has 6 rings (SSSR count). The highest BCUT2D eigenvalue weighted by Gasteiger charge is 2.39. The number of likely N-dealkylation sites (tertiary alicyclic amines) is 1. The molecule has 2 atom stereocenters. The number of methoxy groups -OCH3 is 2. The Labute approximate surface area is 254 Å². The van der Waals surface area contributed by atoms with Crippen LogP contribution in [0.1, 0.15) is 31.8 Å². The first-order valence-electron chi connectivity index (χ1n) is 13.6. The van der Waals surface area contributed by atoms with E-state index >= 15 is 0 Å². The van der Waals surface area contributed by atoms with Crippen LogP contribution in [0.4, 0.5) is 0 Å². The van der Waals surface area contributed by atoms with Gasteiger partial charge in [0.2, 0.25) is 10.0 Å². The molecule has 4 bridgehead atoms. The first-order chi connectivity index (χ1) is 21.0. The summed E-state index contributed by atoms with van der Waals surface area (Å²) in [5, 5.41) is 11.0. The lowest BCUT2D eigenvalue weighted by Gasteiger charge is -2.22. The molecule has 44 heavy (non-hydrogen) atoms. The Morgan fingerprint density at radius 2 is 1.75 bits per heavy atom. The van der Waals surface area contributed by atoms with Crippen molar-refractivity contribution in [3.63, 3.8) is 0 Å². The molecule has 0 aromatic heterocycles. The molecule has 0 aliphatic carbocycles.